The van der Waals surface area contributed by atoms with E-state index in [1.54, 1.807) is 18.4 Å². The summed E-state index contributed by atoms with van der Waals surface area (Å²) in [4.78, 5) is 10.9. The second kappa shape index (κ2) is 6.22. The first-order valence-electron chi connectivity index (χ1n) is 9.83. The molecule has 0 fully saturated rings. The average Bonchev–Trinajstić information content (AvgIpc) is 3.32. The van der Waals surface area contributed by atoms with Gasteiger partial charge in [0.1, 0.15) is 27.4 Å². The Labute approximate surface area is 171 Å². The van der Waals surface area contributed by atoms with E-state index in [9.17, 15) is 0 Å². The van der Waals surface area contributed by atoms with Gasteiger partial charge in [-0.05, 0) is 61.4 Å². The lowest BCUT2D eigenvalue weighted by Crippen LogP contribution is -2.07. The summed E-state index contributed by atoms with van der Waals surface area (Å²) in [6.07, 6.45) is 6.33. The maximum atomic E-state index is 5.37. The van der Waals surface area contributed by atoms with Gasteiger partial charge in [-0.3, -0.25) is 4.40 Å². The molecule has 0 amide bonds. The van der Waals surface area contributed by atoms with Crippen LogP contribution in [0.3, 0.4) is 0 Å². The first-order chi connectivity index (χ1) is 14.2. The Hall–Kier alpha value is -3.06. The fourth-order valence-corrected chi connectivity index (χ4v) is 5.53. The third-order valence-electron chi connectivity index (χ3n) is 5.84. The fraction of sp³-hybridized carbons (Fsp3) is 0.273. The molecule has 1 aromatic carbocycles. The topological polar surface area (TPSA) is 65.2 Å². The maximum Gasteiger partial charge on any atom is 0.181 e. The molecule has 5 aromatic rings. The lowest BCUT2D eigenvalue weighted by Gasteiger charge is -2.20. The van der Waals surface area contributed by atoms with Gasteiger partial charge in [-0.15, -0.1) is 21.5 Å². The van der Waals surface area contributed by atoms with Gasteiger partial charge < -0.3 is 4.74 Å². The molecule has 4 heterocycles. The highest BCUT2D eigenvalue weighted by Gasteiger charge is 2.24. The highest BCUT2D eigenvalue weighted by Crippen LogP contribution is 2.43. The minimum absolute atomic E-state index is 0.842. The number of fused-ring (bicyclic) bond motifs is 6. The van der Waals surface area contributed by atoms with Crippen molar-refractivity contribution < 1.29 is 4.74 Å². The van der Waals surface area contributed by atoms with Crippen molar-refractivity contribution in [1.29, 1.82) is 0 Å². The lowest BCUT2D eigenvalue weighted by molar-refractivity contribution is 0.415. The summed E-state index contributed by atoms with van der Waals surface area (Å²) in [5.74, 6) is 1.70. The normalized spacial score (nSPS) is 14.0. The fourth-order valence-electron chi connectivity index (χ4n) is 4.40. The number of aryl methyl sites for hydroxylation is 2. The smallest absolute Gasteiger partial charge is 0.181 e. The maximum absolute atomic E-state index is 5.37. The Kier molecular flexibility index (Phi) is 3.61. The molecule has 0 unspecified atom stereocenters. The summed E-state index contributed by atoms with van der Waals surface area (Å²) < 4.78 is 8.37. The molecule has 1 aliphatic rings. The van der Waals surface area contributed by atoms with E-state index < -0.39 is 0 Å². The van der Waals surface area contributed by atoms with Crippen molar-refractivity contribution in [2.24, 2.45) is 0 Å². The molecule has 4 aromatic heterocycles. The van der Waals surface area contributed by atoms with Crippen LogP contribution in [-0.2, 0) is 12.8 Å². The summed E-state index contributed by atoms with van der Waals surface area (Å²) in [6, 6.07) is 8.34. The van der Waals surface area contributed by atoms with Crippen LogP contribution in [0.25, 0.3) is 37.2 Å². The second-order valence-electron chi connectivity index (χ2n) is 7.49. The second-order valence-corrected chi connectivity index (χ2v) is 8.49. The molecule has 0 bridgehead atoms. The zero-order valence-corrected chi connectivity index (χ0v) is 17.1. The van der Waals surface area contributed by atoms with Crippen LogP contribution in [0.1, 0.15) is 29.9 Å². The van der Waals surface area contributed by atoms with Crippen LogP contribution < -0.4 is 4.74 Å². The van der Waals surface area contributed by atoms with Crippen molar-refractivity contribution >= 4 is 37.4 Å². The summed E-state index contributed by atoms with van der Waals surface area (Å²) in [5.41, 5.74) is 6.88. The van der Waals surface area contributed by atoms with Gasteiger partial charge in [0.2, 0.25) is 0 Å². The third-order valence-corrected chi connectivity index (χ3v) is 6.91. The van der Waals surface area contributed by atoms with E-state index in [2.05, 4.69) is 22.3 Å². The van der Waals surface area contributed by atoms with E-state index in [1.165, 1.54) is 35.2 Å². The number of methoxy groups -OCH3 is 1. The molecule has 0 radical (unpaired) electrons. The van der Waals surface area contributed by atoms with Crippen molar-refractivity contribution in [3.05, 3.63) is 47.7 Å². The van der Waals surface area contributed by atoms with Crippen LogP contribution in [0.15, 0.2) is 30.6 Å². The molecule has 0 saturated carbocycles. The molecule has 0 atom stereocenters. The first kappa shape index (κ1) is 16.9. The molecule has 0 N–H and O–H groups in total. The highest BCUT2D eigenvalue weighted by atomic mass is 32.1. The van der Waals surface area contributed by atoms with E-state index in [0.29, 0.717) is 0 Å². The van der Waals surface area contributed by atoms with Gasteiger partial charge in [0.15, 0.2) is 5.65 Å². The molecule has 0 aliphatic heterocycles. The van der Waals surface area contributed by atoms with E-state index in [1.807, 2.05) is 29.8 Å². The van der Waals surface area contributed by atoms with Crippen molar-refractivity contribution in [3.63, 3.8) is 0 Å². The van der Waals surface area contributed by atoms with Crippen LogP contribution in [0, 0.1) is 6.92 Å². The van der Waals surface area contributed by atoms with Crippen LogP contribution in [0.2, 0.25) is 0 Å². The van der Waals surface area contributed by atoms with Gasteiger partial charge in [-0.25, -0.2) is 9.97 Å². The number of aromatic nitrogens is 5. The molecule has 0 spiro atoms. The van der Waals surface area contributed by atoms with Gasteiger partial charge in [-0.1, -0.05) is 12.1 Å². The SMILES string of the molecule is COc1ccc(-c2c3c(nc4sc5c(ncn6c(C)nnc56)c24)CCCC3)cc1. The molecular weight excluding hydrogens is 382 g/mol. The minimum Gasteiger partial charge on any atom is -0.497 e. The standard InChI is InChI=1S/C22H19N5OS/c1-12-25-26-21-20-19(23-11-27(12)21)18-17(13-7-9-14(28-2)10-8-13)15-5-3-4-6-16(15)24-22(18)29-20/h7-11H,3-6H2,1-2H3. The van der Waals surface area contributed by atoms with Gasteiger partial charge in [0.25, 0.3) is 0 Å². The zero-order chi connectivity index (χ0) is 19.5. The van der Waals surface area contributed by atoms with Crippen molar-refractivity contribution in [2.75, 3.05) is 7.11 Å². The minimum atomic E-state index is 0.842. The van der Waals surface area contributed by atoms with Crippen molar-refractivity contribution in [3.8, 4) is 16.9 Å². The molecule has 29 heavy (non-hydrogen) atoms. The van der Waals surface area contributed by atoms with Crippen LogP contribution >= 0.6 is 11.3 Å². The molecule has 6 nitrogen and oxygen atoms in total. The number of pyridine rings is 1. The van der Waals surface area contributed by atoms with Gasteiger partial charge in [0.05, 0.1) is 12.6 Å². The third kappa shape index (κ3) is 2.40. The lowest BCUT2D eigenvalue weighted by atomic mass is 9.87. The summed E-state index contributed by atoms with van der Waals surface area (Å²) >= 11 is 1.67. The highest BCUT2D eigenvalue weighted by molar-refractivity contribution is 7.26. The zero-order valence-electron chi connectivity index (χ0n) is 16.3. The number of hydrogen-bond donors (Lipinski definition) is 0. The molecule has 6 rings (SSSR count). The number of thiophene rings is 1. The Morgan fingerprint density at radius 2 is 1.90 bits per heavy atom. The van der Waals surface area contributed by atoms with E-state index in [4.69, 9.17) is 14.7 Å². The van der Waals surface area contributed by atoms with Gasteiger partial charge >= 0.3 is 0 Å². The number of nitrogens with zero attached hydrogens (tertiary/aromatic N) is 5. The van der Waals surface area contributed by atoms with Crippen LogP contribution in [-0.4, -0.2) is 31.7 Å². The van der Waals surface area contributed by atoms with Crippen molar-refractivity contribution in [2.45, 2.75) is 32.6 Å². The molecule has 1 aliphatic carbocycles. The van der Waals surface area contributed by atoms with E-state index in [-0.39, 0.29) is 0 Å². The van der Waals surface area contributed by atoms with Gasteiger partial charge in [-0.2, -0.15) is 0 Å². The van der Waals surface area contributed by atoms with Gasteiger partial charge in [0, 0.05) is 11.1 Å². The number of hydrogen-bond acceptors (Lipinski definition) is 6. The monoisotopic (exact) mass is 401 g/mol. The predicted molar refractivity (Wildman–Crippen MR) is 115 cm³/mol. The number of benzene rings is 1. The Balaban J connectivity index is 1.76. The molecule has 7 heteroatoms. The molecule has 0 saturated heterocycles. The van der Waals surface area contributed by atoms with Crippen LogP contribution in [0.4, 0.5) is 0 Å². The first-order valence-corrected chi connectivity index (χ1v) is 10.6. The summed E-state index contributed by atoms with van der Waals surface area (Å²) in [6.45, 7) is 1.95. The van der Waals surface area contributed by atoms with Crippen LogP contribution in [0.5, 0.6) is 5.75 Å². The quantitative estimate of drug-likeness (QED) is 0.427. The molecule has 144 valence electrons. The Morgan fingerprint density at radius 3 is 2.72 bits per heavy atom. The predicted octanol–water partition coefficient (Wildman–Crippen LogP) is 4.75. The van der Waals surface area contributed by atoms with Crippen molar-refractivity contribution in [1.82, 2.24) is 24.6 Å². The Bertz CT molecular complexity index is 1400. The van der Waals surface area contributed by atoms with E-state index >= 15 is 0 Å². The summed E-state index contributed by atoms with van der Waals surface area (Å²) in [5, 5.41) is 9.78. The number of rotatable bonds is 2. The summed E-state index contributed by atoms with van der Waals surface area (Å²) in [7, 11) is 1.70. The Morgan fingerprint density at radius 1 is 1.07 bits per heavy atom. The average molecular weight is 401 g/mol. The van der Waals surface area contributed by atoms with E-state index in [0.717, 1.165) is 50.5 Å². The number of ether oxygens (including phenoxy) is 1. The molecular formula is C22H19N5OS. The largest absolute Gasteiger partial charge is 0.497 e.